The first-order valence-corrected chi connectivity index (χ1v) is 6.12. The molecule has 0 amide bonds. The van der Waals surface area contributed by atoms with E-state index < -0.39 is 0 Å². The zero-order valence-electron chi connectivity index (χ0n) is 9.77. The van der Waals surface area contributed by atoms with Crippen LogP contribution in [0.5, 0.6) is 0 Å². The molecule has 3 heterocycles. The molecule has 4 rings (SSSR count). The van der Waals surface area contributed by atoms with E-state index in [4.69, 9.17) is 0 Å². The number of hydrogen-bond donors (Lipinski definition) is 3. The molecule has 2 aromatic heterocycles. The highest BCUT2D eigenvalue weighted by Crippen LogP contribution is 2.25. The number of para-hydroxylation sites is 2. The first-order chi connectivity index (χ1) is 8.92. The predicted octanol–water partition coefficient (Wildman–Crippen LogP) is 1.52. The van der Waals surface area contributed by atoms with Crippen molar-refractivity contribution in [1.29, 1.82) is 0 Å². The fourth-order valence-corrected chi connectivity index (χ4v) is 2.55. The van der Waals surface area contributed by atoms with Gasteiger partial charge in [0.1, 0.15) is 11.9 Å². The molecule has 90 valence electrons. The molecule has 0 saturated carbocycles. The van der Waals surface area contributed by atoms with Gasteiger partial charge in [-0.1, -0.05) is 12.1 Å². The summed E-state index contributed by atoms with van der Waals surface area (Å²) in [7, 11) is 0. The fraction of sp³-hybridized carbons (Fsp3) is 0.231. The third kappa shape index (κ3) is 1.37. The normalized spacial score (nSPS) is 19.0. The monoisotopic (exact) mass is 239 g/mol. The van der Waals surface area contributed by atoms with Gasteiger partial charge in [0.05, 0.1) is 23.1 Å². The third-order valence-electron chi connectivity index (χ3n) is 3.43. The third-order valence-corrected chi connectivity index (χ3v) is 3.43. The van der Waals surface area contributed by atoms with Gasteiger partial charge in [-0.15, -0.1) is 0 Å². The Morgan fingerprint density at radius 2 is 2.17 bits per heavy atom. The number of nitrogens with zero attached hydrogens (tertiary/aromatic N) is 2. The first-order valence-electron chi connectivity index (χ1n) is 6.12. The maximum absolute atomic E-state index is 4.64. The molecule has 0 bridgehead atoms. The van der Waals surface area contributed by atoms with Crippen LogP contribution < -0.4 is 5.32 Å². The molecule has 3 N–H and O–H groups in total. The molecule has 1 aliphatic heterocycles. The molecular weight excluding hydrogens is 226 g/mol. The molecule has 0 aliphatic carbocycles. The maximum atomic E-state index is 4.64. The number of H-pyrrole nitrogens is 2. The van der Waals surface area contributed by atoms with Crippen molar-refractivity contribution in [3.8, 4) is 0 Å². The molecule has 3 aromatic rings. The van der Waals surface area contributed by atoms with Gasteiger partial charge in [0.2, 0.25) is 0 Å². The standard InChI is InChI=1S/C13H13N5/c1-2-4-9-8(3-1)17-13(18-9)12-11-10(5-6-14-12)15-7-16-11/h1-4,7,12,14H,5-6H2,(H,15,16)(H,17,18)/t12-/m1/s1. The van der Waals surface area contributed by atoms with Crippen LogP contribution in [0, 0.1) is 0 Å². The van der Waals surface area contributed by atoms with Gasteiger partial charge in [0.15, 0.2) is 0 Å². The predicted molar refractivity (Wildman–Crippen MR) is 68.2 cm³/mol. The van der Waals surface area contributed by atoms with Gasteiger partial charge in [-0.2, -0.15) is 0 Å². The lowest BCUT2D eigenvalue weighted by Crippen LogP contribution is -2.31. The van der Waals surface area contributed by atoms with Crippen LogP contribution >= 0.6 is 0 Å². The average molecular weight is 239 g/mol. The van der Waals surface area contributed by atoms with E-state index in [0.29, 0.717) is 0 Å². The van der Waals surface area contributed by atoms with Gasteiger partial charge in [-0.3, -0.25) is 0 Å². The summed E-state index contributed by atoms with van der Waals surface area (Å²) in [4.78, 5) is 15.6. The average Bonchev–Trinajstić information content (AvgIpc) is 3.04. The Bertz CT molecular complexity index is 663. The molecule has 5 nitrogen and oxygen atoms in total. The summed E-state index contributed by atoms with van der Waals surface area (Å²) in [6, 6.07) is 8.14. The summed E-state index contributed by atoms with van der Waals surface area (Å²) >= 11 is 0. The molecule has 0 spiro atoms. The molecule has 0 unspecified atom stereocenters. The SMILES string of the molecule is c1ccc2[nH]c([C@@H]3NCCc4[nH]cnc43)nc2c1. The number of benzene rings is 1. The summed E-state index contributed by atoms with van der Waals surface area (Å²) in [5.74, 6) is 0.934. The molecule has 1 aliphatic rings. The minimum Gasteiger partial charge on any atom is -0.348 e. The number of rotatable bonds is 1. The lowest BCUT2D eigenvalue weighted by molar-refractivity contribution is 0.535. The largest absolute Gasteiger partial charge is 0.348 e. The van der Waals surface area contributed by atoms with Crippen LogP contribution in [0.15, 0.2) is 30.6 Å². The Morgan fingerprint density at radius 1 is 1.22 bits per heavy atom. The van der Waals surface area contributed by atoms with Gasteiger partial charge in [0, 0.05) is 18.7 Å². The van der Waals surface area contributed by atoms with Crippen LogP contribution in [-0.2, 0) is 6.42 Å². The molecule has 0 fully saturated rings. The van der Waals surface area contributed by atoms with E-state index in [1.54, 1.807) is 6.33 Å². The van der Waals surface area contributed by atoms with Gasteiger partial charge < -0.3 is 15.3 Å². The van der Waals surface area contributed by atoms with Gasteiger partial charge in [0.25, 0.3) is 0 Å². The lowest BCUT2D eigenvalue weighted by Gasteiger charge is -2.20. The molecule has 1 atom stereocenters. The lowest BCUT2D eigenvalue weighted by atomic mass is 10.1. The molecule has 0 radical (unpaired) electrons. The van der Waals surface area contributed by atoms with Crippen molar-refractivity contribution in [2.24, 2.45) is 0 Å². The highest BCUT2D eigenvalue weighted by Gasteiger charge is 2.26. The highest BCUT2D eigenvalue weighted by atomic mass is 15.1. The quantitative estimate of drug-likeness (QED) is 0.603. The van der Waals surface area contributed by atoms with Crippen molar-refractivity contribution >= 4 is 11.0 Å². The zero-order valence-corrected chi connectivity index (χ0v) is 9.77. The Kier molecular flexibility index (Phi) is 2.01. The Hall–Kier alpha value is -2.14. The van der Waals surface area contributed by atoms with E-state index in [2.05, 4.69) is 25.3 Å². The topological polar surface area (TPSA) is 69.4 Å². The summed E-state index contributed by atoms with van der Waals surface area (Å²) in [6.07, 6.45) is 2.75. The molecule has 5 heteroatoms. The zero-order chi connectivity index (χ0) is 11.9. The van der Waals surface area contributed by atoms with Crippen molar-refractivity contribution in [2.45, 2.75) is 12.5 Å². The number of imidazole rings is 2. The van der Waals surface area contributed by atoms with Crippen molar-refractivity contribution in [3.63, 3.8) is 0 Å². The molecule has 1 aromatic carbocycles. The number of hydrogen-bond acceptors (Lipinski definition) is 3. The van der Waals surface area contributed by atoms with Crippen LogP contribution in [0.4, 0.5) is 0 Å². The van der Waals surface area contributed by atoms with Crippen LogP contribution in [0.2, 0.25) is 0 Å². The Balaban J connectivity index is 1.84. The summed E-state index contributed by atoms with van der Waals surface area (Å²) in [6.45, 7) is 0.941. The maximum Gasteiger partial charge on any atom is 0.130 e. The summed E-state index contributed by atoms with van der Waals surface area (Å²) < 4.78 is 0. The van der Waals surface area contributed by atoms with E-state index in [1.807, 2.05) is 24.3 Å². The van der Waals surface area contributed by atoms with Crippen LogP contribution in [0.1, 0.15) is 23.3 Å². The second-order valence-electron chi connectivity index (χ2n) is 4.54. The van der Waals surface area contributed by atoms with E-state index in [1.165, 1.54) is 5.69 Å². The molecule has 18 heavy (non-hydrogen) atoms. The second kappa shape index (κ2) is 3.68. The van der Waals surface area contributed by atoms with Gasteiger partial charge in [-0.25, -0.2) is 9.97 Å². The smallest absolute Gasteiger partial charge is 0.130 e. The number of nitrogens with one attached hydrogen (secondary N) is 3. The number of fused-ring (bicyclic) bond motifs is 2. The molecular formula is C13H13N5. The van der Waals surface area contributed by atoms with Gasteiger partial charge in [-0.05, 0) is 12.1 Å². The number of aromatic amines is 2. The van der Waals surface area contributed by atoms with E-state index in [0.717, 1.165) is 35.5 Å². The Labute approximate surface area is 104 Å². The van der Waals surface area contributed by atoms with Crippen molar-refractivity contribution in [1.82, 2.24) is 25.3 Å². The first kappa shape index (κ1) is 9.85. The van der Waals surface area contributed by atoms with E-state index >= 15 is 0 Å². The van der Waals surface area contributed by atoms with Crippen molar-refractivity contribution < 1.29 is 0 Å². The summed E-state index contributed by atoms with van der Waals surface area (Å²) in [5.41, 5.74) is 4.33. The highest BCUT2D eigenvalue weighted by molar-refractivity contribution is 5.74. The molecule has 0 saturated heterocycles. The van der Waals surface area contributed by atoms with Crippen LogP contribution in [0.25, 0.3) is 11.0 Å². The second-order valence-corrected chi connectivity index (χ2v) is 4.54. The van der Waals surface area contributed by atoms with Crippen LogP contribution in [-0.4, -0.2) is 26.5 Å². The fourth-order valence-electron chi connectivity index (χ4n) is 2.55. The van der Waals surface area contributed by atoms with E-state index in [-0.39, 0.29) is 6.04 Å². The minimum absolute atomic E-state index is 0.0624. The van der Waals surface area contributed by atoms with Gasteiger partial charge >= 0.3 is 0 Å². The van der Waals surface area contributed by atoms with Crippen molar-refractivity contribution in [2.75, 3.05) is 6.54 Å². The van der Waals surface area contributed by atoms with Crippen LogP contribution in [0.3, 0.4) is 0 Å². The Morgan fingerprint density at radius 3 is 3.11 bits per heavy atom. The van der Waals surface area contributed by atoms with E-state index in [9.17, 15) is 0 Å². The minimum atomic E-state index is 0.0624. The van der Waals surface area contributed by atoms with Crippen molar-refractivity contribution in [3.05, 3.63) is 47.8 Å². The number of aromatic nitrogens is 4. The summed E-state index contributed by atoms with van der Waals surface area (Å²) in [5, 5.41) is 3.46.